The van der Waals surface area contributed by atoms with Crippen molar-refractivity contribution < 1.29 is 9.13 Å². The normalized spacial score (nSPS) is 11.3. The van der Waals surface area contributed by atoms with Crippen LogP contribution in [0.25, 0.3) is 33.4 Å². The Morgan fingerprint density at radius 1 is 0.900 bits per heavy atom. The highest BCUT2D eigenvalue weighted by molar-refractivity contribution is 5.98. The molecule has 0 bridgehead atoms. The largest absolute Gasteiger partial charge is 0.497 e. The number of hydrogen-bond donors (Lipinski definition) is 0. The minimum absolute atomic E-state index is 0.236. The molecule has 0 fully saturated rings. The summed E-state index contributed by atoms with van der Waals surface area (Å²) >= 11 is 0. The molecule has 0 spiro atoms. The molecule has 3 aromatic rings. The molecule has 4 nitrogen and oxygen atoms in total. The van der Waals surface area contributed by atoms with Gasteiger partial charge >= 0.3 is 0 Å². The fourth-order valence-corrected chi connectivity index (χ4v) is 3.79. The van der Waals surface area contributed by atoms with E-state index in [2.05, 4.69) is 52.2 Å². The van der Waals surface area contributed by atoms with Crippen molar-refractivity contribution in [3.8, 4) is 28.3 Å². The maximum absolute atomic E-state index is 13.4. The summed E-state index contributed by atoms with van der Waals surface area (Å²) in [5.41, 5.74) is 6.92. The Balaban J connectivity index is 1.73. The number of benzene rings is 3. The van der Waals surface area contributed by atoms with Gasteiger partial charge in [0.15, 0.2) is 0 Å². The molecule has 2 aliphatic rings. The van der Waals surface area contributed by atoms with Gasteiger partial charge in [0.05, 0.1) is 12.6 Å². The van der Waals surface area contributed by atoms with Crippen LogP contribution >= 0.6 is 0 Å². The second-order valence-corrected chi connectivity index (χ2v) is 7.44. The summed E-state index contributed by atoms with van der Waals surface area (Å²) in [5.74, 6) is 0.531. The number of halogens is 1. The smallest absolute Gasteiger partial charge is 0.123 e. The first-order valence-electron chi connectivity index (χ1n) is 9.77. The van der Waals surface area contributed by atoms with E-state index < -0.39 is 0 Å². The number of hydrogen-bond acceptors (Lipinski definition) is 3. The van der Waals surface area contributed by atoms with E-state index in [9.17, 15) is 4.39 Å². The lowest BCUT2D eigenvalue weighted by atomic mass is 10.0. The predicted octanol–water partition coefficient (Wildman–Crippen LogP) is 5.71. The maximum atomic E-state index is 13.4. The van der Waals surface area contributed by atoms with Gasteiger partial charge in [-0.25, -0.2) is 4.39 Å². The Bertz CT molecular complexity index is 1310. The third kappa shape index (κ3) is 3.18. The van der Waals surface area contributed by atoms with E-state index in [0.717, 1.165) is 44.7 Å². The van der Waals surface area contributed by atoms with Crippen LogP contribution < -0.4 is 4.74 Å². The van der Waals surface area contributed by atoms with Gasteiger partial charge in [0, 0.05) is 29.3 Å². The highest BCUT2D eigenvalue weighted by Crippen LogP contribution is 2.38. The summed E-state index contributed by atoms with van der Waals surface area (Å²) < 4.78 is 21.0. The number of aromatic nitrogens is 3. The van der Waals surface area contributed by atoms with Gasteiger partial charge in [-0.05, 0) is 42.8 Å². The van der Waals surface area contributed by atoms with E-state index in [0.29, 0.717) is 6.54 Å². The van der Waals surface area contributed by atoms with Crippen LogP contribution in [-0.2, 0) is 6.54 Å². The molecular formula is C25H20FN3O. The van der Waals surface area contributed by atoms with Gasteiger partial charge in [-0.2, -0.15) is 0 Å². The fraction of sp³-hybridized carbons (Fsp3) is 0.120. The number of ether oxygens (including phenoxy) is 1. The summed E-state index contributed by atoms with van der Waals surface area (Å²) in [4.78, 5) is 0. The molecule has 5 heteroatoms. The van der Waals surface area contributed by atoms with Crippen molar-refractivity contribution in [3.05, 3.63) is 89.9 Å². The van der Waals surface area contributed by atoms with Gasteiger partial charge in [0.25, 0.3) is 0 Å². The quantitative estimate of drug-likeness (QED) is 0.390. The number of aryl methyl sites for hydroxylation is 1. The standard InChI is InChI=1S/C25H20FN3O/c1-16-3-7-18(8-4-16)24-22-15-29(14-17-5-9-19(26)10-6-17)23-12-11-20(30-2)13-21(23)25(22)28-27-24/h3-13,15H,14H2,1-2H3. The van der Waals surface area contributed by atoms with Crippen LogP contribution in [0.4, 0.5) is 4.39 Å². The number of pyridine rings is 1. The Hall–Kier alpha value is -3.73. The summed E-state index contributed by atoms with van der Waals surface area (Å²) in [7, 11) is 1.66. The van der Waals surface area contributed by atoms with Gasteiger partial charge < -0.3 is 9.30 Å². The molecule has 2 heterocycles. The molecule has 0 amide bonds. The Morgan fingerprint density at radius 2 is 1.63 bits per heavy atom. The molecule has 0 atom stereocenters. The van der Waals surface area contributed by atoms with Crippen molar-refractivity contribution in [1.29, 1.82) is 0 Å². The van der Waals surface area contributed by atoms with Crippen LogP contribution in [0, 0.1) is 12.7 Å². The molecule has 0 saturated heterocycles. The first-order valence-corrected chi connectivity index (χ1v) is 9.77. The maximum Gasteiger partial charge on any atom is 0.123 e. The average Bonchev–Trinajstić information content (AvgIpc) is 3.19. The van der Waals surface area contributed by atoms with Crippen molar-refractivity contribution >= 4 is 10.9 Å². The van der Waals surface area contributed by atoms with Crippen LogP contribution in [-0.4, -0.2) is 21.9 Å². The highest BCUT2D eigenvalue weighted by atomic mass is 19.1. The highest BCUT2D eigenvalue weighted by Gasteiger charge is 2.20. The topological polar surface area (TPSA) is 39.9 Å². The molecule has 148 valence electrons. The van der Waals surface area contributed by atoms with Gasteiger partial charge in [0.1, 0.15) is 23.0 Å². The van der Waals surface area contributed by atoms with Crippen LogP contribution in [0.1, 0.15) is 11.1 Å². The van der Waals surface area contributed by atoms with Gasteiger partial charge in [0.2, 0.25) is 0 Å². The molecule has 2 aliphatic heterocycles. The zero-order chi connectivity index (χ0) is 20.7. The lowest BCUT2D eigenvalue weighted by Gasteiger charge is -2.16. The second kappa shape index (κ2) is 7.26. The summed E-state index contributed by atoms with van der Waals surface area (Å²) in [5, 5.41) is 9.99. The Labute approximate surface area is 173 Å². The van der Waals surface area contributed by atoms with Crippen molar-refractivity contribution in [1.82, 2.24) is 14.8 Å². The van der Waals surface area contributed by atoms with Crippen LogP contribution in [0.15, 0.2) is 72.9 Å². The molecule has 30 heavy (non-hydrogen) atoms. The first kappa shape index (κ1) is 18.3. The Morgan fingerprint density at radius 3 is 2.37 bits per heavy atom. The molecule has 5 rings (SSSR count). The molecular weight excluding hydrogens is 377 g/mol. The third-order valence-corrected chi connectivity index (χ3v) is 5.40. The van der Waals surface area contributed by atoms with E-state index in [4.69, 9.17) is 4.74 Å². The minimum atomic E-state index is -0.236. The molecule has 0 unspecified atom stereocenters. The van der Waals surface area contributed by atoms with Crippen molar-refractivity contribution in [3.63, 3.8) is 0 Å². The van der Waals surface area contributed by atoms with Crippen molar-refractivity contribution in [2.75, 3.05) is 7.11 Å². The Kier molecular flexibility index (Phi) is 4.43. The third-order valence-electron chi connectivity index (χ3n) is 5.40. The molecule has 0 aromatic heterocycles. The van der Waals surface area contributed by atoms with Gasteiger partial charge in [-0.1, -0.05) is 42.0 Å². The van der Waals surface area contributed by atoms with E-state index in [1.165, 1.54) is 17.7 Å². The van der Waals surface area contributed by atoms with E-state index >= 15 is 0 Å². The number of nitrogens with zero attached hydrogens (tertiary/aromatic N) is 3. The lowest BCUT2D eigenvalue weighted by molar-refractivity contribution is 0.415. The summed E-state index contributed by atoms with van der Waals surface area (Å²) in [6, 6.07) is 20.8. The molecule has 0 aliphatic carbocycles. The summed E-state index contributed by atoms with van der Waals surface area (Å²) in [6.45, 7) is 2.67. The van der Waals surface area contributed by atoms with Crippen LogP contribution in [0.5, 0.6) is 5.75 Å². The predicted molar refractivity (Wildman–Crippen MR) is 116 cm³/mol. The molecule has 0 radical (unpaired) electrons. The van der Waals surface area contributed by atoms with E-state index in [1.807, 2.05) is 30.3 Å². The lowest BCUT2D eigenvalue weighted by Crippen LogP contribution is -2.04. The molecule has 0 N–H and O–H groups in total. The summed E-state index contributed by atoms with van der Waals surface area (Å²) in [6.07, 6.45) is 2.09. The number of fused-ring (bicyclic) bond motifs is 3. The molecule has 3 aromatic carbocycles. The van der Waals surface area contributed by atoms with Gasteiger partial charge in [-0.15, -0.1) is 10.2 Å². The number of rotatable bonds is 4. The van der Waals surface area contributed by atoms with Gasteiger partial charge in [-0.3, -0.25) is 0 Å². The number of methoxy groups -OCH3 is 1. The van der Waals surface area contributed by atoms with E-state index in [1.54, 1.807) is 7.11 Å². The average molecular weight is 397 g/mol. The van der Waals surface area contributed by atoms with Crippen molar-refractivity contribution in [2.24, 2.45) is 0 Å². The second-order valence-electron chi connectivity index (χ2n) is 7.44. The zero-order valence-corrected chi connectivity index (χ0v) is 16.8. The minimum Gasteiger partial charge on any atom is -0.497 e. The van der Waals surface area contributed by atoms with Crippen LogP contribution in [0.2, 0.25) is 0 Å². The van der Waals surface area contributed by atoms with E-state index in [-0.39, 0.29) is 5.82 Å². The van der Waals surface area contributed by atoms with Crippen LogP contribution in [0.3, 0.4) is 0 Å². The first-order chi connectivity index (χ1) is 14.6. The monoisotopic (exact) mass is 397 g/mol. The molecule has 0 saturated carbocycles. The van der Waals surface area contributed by atoms with Crippen molar-refractivity contribution in [2.45, 2.75) is 13.5 Å². The fourth-order valence-electron chi connectivity index (χ4n) is 3.79. The SMILES string of the molecule is COc1ccc2c(c1)c1nnc(-c3ccc(C)cc3)c-1cn2Cc1ccc(F)cc1. The zero-order valence-electron chi connectivity index (χ0n) is 16.8.